The lowest BCUT2D eigenvalue weighted by atomic mass is 10.2. The molecule has 0 unspecified atom stereocenters. The van der Waals surface area contributed by atoms with Crippen molar-refractivity contribution in [1.29, 1.82) is 0 Å². The van der Waals surface area contributed by atoms with E-state index in [0.29, 0.717) is 31.7 Å². The number of ether oxygens (including phenoxy) is 1. The summed E-state index contributed by atoms with van der Waals surface area (Å²) in [6.45, 7) is 2.00. The Morgan fingerprint density at radius 2 is 1.82 bits per heavy atom. The Morgan fingerprint density at radius 3 is 2.47 bits per heavy atom. The van der Waals surface area contributed by atoms with Gasteiger partial charge in [-0.05, 0) is 12.1 Å². The Kier molecular flexibility index (Phi) is 6.54. The number of carbonyl (C=O) groups excluding carboxylic acids is 2. The Labute approximate surface area is 192 Å². The SMILES string of the molecule is COC(=O)N1CCN(N2C=NC=C(NC(=O)c3nc(-c4ccccc4)oc3C(F)(F)F)C2)CC1. The number of benzene rings is 1. The van der Waals surface area contributed by atoms with E-state index in [1.54, 1.807) is 28.1 Å². The summed E-state index contributed by atoms with van der Waals surface area (Å²) in [4.78, 5) is 33.8. The van der Waals surface area contributed by atoms with E-state index in [4.69, 9.17) is 9.15 Å². The van der Waals surface area contributed by atoms with E-state index in [0.717, 1.165) is 0 Å². The highest BCUT2D eigenvalue weighted by Gasteiger charge is 2.42. The molecule has 0 spiro atoms. The third-order valence-electron chi connectivity index (χ3n) is 5.21. The van der Waals surface area contributed by atoms with Crippen LogP contribution in [-0.2, 0) is 10.9 Å². The second kappa shape index (κ2) is 9.55. The molecule has 2 aromatic rings. The standard InChI is InChI=1S/C21H21F3N6O4/c1-33-20(32)28-7-9-29(10-8-28)30-12-15(11-25-13-30)26-18(31)16-17(21(22,23)24)34-19(27-16)14-5-3-2-4-6-14/h2-6,11,13H,7-10,12H2,1H3,(H,26,31). The van der Waals surface area contributed by atoms with Crippen molar-refractivity contribution in [2.75, 3.05) is 39.8 Å². The van der Waals surface area contributed by atoms with Gasteiger partial charge in [-0.2, -0.15) is 13.2 Å². The molecule has 1 aromatic carbocycles. The summed E-state index contributed by atoms with van der Waals surface area (Å²) in [5, 5.41) is 6.08. The van der Waals surface area contributed by atoms with Gasteiger partial charge in [-0.1, -0.05) is 18.2 Å². The predicted octanol–water partition coefficient (Wildman–Crippen LogP) is 2.57. The van der Waals surface area contributed by atoms with Gasteiger partial charge in [-0.15, -0.1) is 0 Å². The number of halogens is 3. The molecule has 1 aromatic heterocycles. The van der Waals surface area contributed by atoms with Crippen LogP contribution in [0.2, 0.25) is 0 Å². The number of aliphatic imine (C=N–C) groups is 1. The van der Waals surface area contributed by atoms with E-state index in [1.165, 1.54) is 31.8 Å². The number of hydrogen-bond donors (Lipinski definition) is 1. The minimum atomic E-state index is -4.91. The summed E-state index contributed by atoms with van der Waals surface area (Å²) in [6, 6.07) is 8.00. The Morgan fingerprint density at radius 1 is 1.12 bits per heavy atom. The number of nitrogens with one attached hydrogen (secondary N) is 1. The van der Waals surface area contributed by atoms with Crippen LogP contribution in [0.25, 0.3) is 11.5 Å². The molecule has 4 rings (SSSR count). The first-order valence-electron chi connectivity index (χ1n) is 10.3. The molecule has 2 aliphatic rings. The summed E-state index contributed by atoms with van der Waals surface area (Å²) >= 11 is 0. The molecule has 0 saturated carbocycles. The summed E-state index contributed by atoms with van der Waals surface area (Å²) in [5.41, 5.74) is -0.272. The Bertz CT molecular complexity index is 1110. The fourth-order valence-electron chi connectivity index (χ4n) is 3.54. The normalized spacial score (nSPS) is 16.9. The number of oxazole rings is 1. The van der Waals surface area contributed by atoms with Crippen molar-refractivity contribution in [3.05, 3.63) is 53.7 Å². The highest BCUT2D eigenvalue weighted by atomic mass is 19.4. The van der Waals surface area contributed by atoms with Gasteiger partial charge in [0, 0.05) is 37.9 Å². The third kappa shape index (κ3) is 5.03. The second-order valence-corrected chi connectivity index (χ2v) is 7.44. The summed E-state index contributed by atoms with van der Waals surface area (Å²) in [6.07, 6.45) is -2.43. The van der Waals surface area contributed by atoms with E-state index >= 15 is 0 Å². The average Bonchev–Trinajstić information content (AvgIpc) is 3.31. The Hall–Kier alpha value is -3.87. The van der Waals surface area contributed by atoms with Gasteiger partial charge in [-0.3, -0.25) is 9.80 Å². The van der Waals surface area contributed by atoms with Crippen LogP contribution < -0.4 is 5.32 Å². The van der Waals surface area contributed by atoms with Crippen molar-refractivity contribution in [3.8, 4) is 11.5 Å². The quantitative estimate of drug-likeness (QED) is 0.721. The largest absolute Gasteiger partial charge is 0.453 e. The monoisotopic (exact) mass is 478 g/mol. The van der Waals surface area contributed by atoms with Gasteiger partial charge in [0.2, 0.25) is 11.7 Å². The number of hydrogen-bond acceptors (Lipinski definition) is 8. The van der Waals surface area contributed by atoms with E-state index in [2.05, 4.69) is 15.3 Å². The maximum absolute atomic E-state index is 13.5. The minimum absolute atomic E-state index is 0.165. The first-order valence-corrected chi connectivity index (χ1v) is 10.3. The summed E-state index contributed by atoms with van der Waals surface area (Å²) < 4.78 is 50.2. The first-order chi connectivity index (χ1) is 16.3. The molecule has 3 heterocycles. The van der Waals surface area contributed by atoms with Crippen LogP contribution in [0.1, 0.15) is 16.2 Å². The predicted molar refractivity (Wildman–Crippen MR) is 113 cm³/mol. The fourth-order valence-corrected chi connectivity index (χ4v) is 3.54. The highest BCUT2D eigenvalue weighted by Crippen LogP contribution is 2.35. The molecule has 2 amide bonds. The molecule has 0 bridgehead atoms. The molecule has 0 aliphatic carbocycles. The summed E-state index contributed by atoms with van der Waals surface area (Å²) in [7, 11) is 1.31. The van der Waals surface area contributed by atoms with Crippen LogP contribution in [0.5, 0.6) is 0 Å². The van der Waals surface area contributed by atoms with Crippen molar-refractivity contribution >= 4 is 18.3 Å². The number of piperazine rings is 1. The summed E-state index contributed by atoms with van der Waals surface area (Å²) in [5.74, 6) is -2.84. The van der Waals surface area contributed by atoms with Gasteiger partial charge in [0.25, 0.3) is 5.91 Å². The molecule has 0 radical (unpaired) electrons. The van der Waals surface area contributed by atoms with Gasteiger partial charge in [0.1, 0.15) is 6.34 Å². The zero-order valence-electron chi connectivity index (χ0n) is 18.1. The van der Waals surface area contributed by atoms with E-state index < -0.39 is 29.6 Å². The van der Waals surface area contributed by atoms with Crippen LogP contribution in [0.15, 0.2) is 51.6 Å². The zero-order valence-corrected chi connectivity index (χ0v) is 18.1. The lowest BCUT2D eigenvalue weighted by molar-refractivity contribution is -0.153. The lowest BCUT2D eigenvalue weighted by Crippen LogP contribution is -2.55. The molecule has 0 atom stereocenters. The van der Waals surface area contributed by atoms with E-state index in [-0.39, 0.29) is 18.1 Å². The lowest BCUT2D eigenvalue weighted by Gasteiger charge is -2.40. The molecule has 1 fully saturated rings. The van der Waals surface area contributed by atoms with Crippen LogP contribution in [0.4, 0.5) is 18.0 Å². The molecule has 10 nitrogen and oxygen atoms in total. The molecule has 1 saturated heterocycles. The molecule has 180 valence electrons. The van der Waals surface area contributed by atoms with Gasteiger partial charge in [-0.25, -0.2) is 19.8 Å². The minimum Gasteiger partial charge on any atom is -0.453 e. The third-order valence-corrected chi connectivity index (χ3v) is 5.21. The number of hydrazine groups is 1. The number of rotatable bonds is 4. The number of methoxy groups -OCH3 is 1. The van der Waals surface area contributed by atoms with Crippen LogP contribution in [0.3, 0.4) is 0 Å². The molecular formula is C21H21F3N6O4. The highest BCUT2D eigenvalue weighted by molar-refractivity contribution is 5.95. The van der Waals surface area contributed by atoms with Crippen molar-refractivity contribution < 1.29 is 31.9 Å². The fraction of sp³-hybridized carbons (Fsp3) is 0.333. The van der Waals surface area contributed by atoms with Crippen LogP contribution in [-0.4, -0.2) is 78.1 Å². The van der Waals surface area contributed by atoms with Crippen molar-refractivity contribution in [2.24, 2.45) is 4.99 Å². The van der Waals surface area contributed by atoms with Gasteiger partial charge >= 0.3 is 12.3 Å². The van der Waals surface area contributed by atoms with Crippen molar-refractivity contribution in [2.45, 2.75) is 6.18 Å². The number of aromatic nitrogens is 1. The van der Waals surface area contributed by atoms with Crippen molar-refractivity contribution in [3.63, 3.8) is 0 Å². The van der Waals surface area contributed by atoms with Crippen LogP contribution in [0, 0.1) is 0 Å². The number of nitrogens with zero attached hydrogens (tertiary/aromatic N) is 5. The van der Waals surface area contributed by atoms with Gasteiger partial charge < -0.3 is 19.4 Å². The molecule has 34 heavy (non-hydrogen) atoms. The smallest absolute Gasteiger partial charge is 0.452 e. The molecule has 1 N–H and O–H groups in total. The maximum atomic E-state index is 13.5. The van der Waals surface area contributed by atoms with Gasteiger partial charge in [0.05, 0.1) is 19.4 Å². The number of carbonyl (C=O) groups is 2. The molecule has 2 aliphatic heterocycles. The maximum Gasteiger partial charge on any atom is 0.452 e. The molecule has 13 heteroatoms. The first kappa shape index (κ1) is 23.3. The number of alkyl halides is 3. The van der Waals surface area contributed by atoms with E-state index in [1.807, 2.05) is 5.01 Å². The van der Waals surface area contributed by atoms with Gasteiger partial charge in [0.15, 0.2) is 5.69 Å². The molecular weight excluding hydrogens is 457 g/mol. The van der Waals surface area contributed by atoms with Crippen molar-refractivity contribution in [1.82, 2.24) is 25.2 Å². The topological polar surface area (TPSA) is 104 Å². The van der Waals surface area contributed by atoms with Crippen LogP contribution >= 0.6 is 0 Å². The van der Waals surface area contributed by atoms with E-state index in [9.17, 15) is 22.8 Å². The Balaban J connectivity index is 1.45. The second-order valence-electron chi connectivity index (χ2n) is 7.44. The average molecular weight is 478 g/mol. The number of amides is 2. The zero-order chi connectivity index (χ0) is 24.3.